The lowest BCUT2D eigenvalue weighted by atomic mass is 9.94. The highest BCUT2D eigenvalue weighted by Gasteiger charge is 2.36. The molecule has 0 unspecified atom stereocenters. The van der Waals surface area contributed by atoms with Crippen molar-refractivity contribution in [1.82, 2.24) is 10.2 Å². The number of aryl methyl sites for hydroxylation is 1. The van der Waals surface area contributed by atoms with Crippen LogP contribution in [0.15, 0.2) is 113 Å². The number of benzene rings is 4. The van der Waals surface area contributed by atoms with E-state index in [9.17, 15) is 18.0 Å². The van der Waals surface area contributed by atoms with Crippen molar-refractivity contribution in [3.63, 3.8) is 0 Å². The number of carbonyl (C=O) groups excluding carboxylic acids is 2. The molecule has 0 radical (unpaired) electrons. The molecule has 1 fully saturated rings. The number of para-hydroxylation sites is 2. The lowest BCUT2D eigenvalue weighted by molar-refractivity contribution is -0.140. The van der Waals surface area contributed by atoms with Crippen LogP contribution in [0, 0.1) is 6.92 Å². The summed E-state index contributed by atoms with van der Waals surface area (Å²) in [6.45, 7) is 3.70. The molecule has 2 amide bonds. The van der Waals surface area contributed by atoms with Crippen LogP contribution in [0.4, 0.5) is 5.69 Å². The number of thioether (sulfide) groups is 1. The molecule has 0 saturated heterocycles. The fourth-order valence-electron chi connectivity index (χ4n) is 6.40. The molecule has 4 aromatic rings. The van der Waals surface area contributed by atoms with E-state index in [2.05, 4.69) is 5.32 Å². The van der Waals surface area contributed by atoms with Crippen molar-refractivity contribution in [1.29, 1.82) is 0 Å². The van der Waals surface area contributed by atoms with Gasteiger partial charge in [-0.1, -0.05) is 86.0 Å². The summed E-state index contributed by atoms with van der Waals surface area (Å²) in [4.78, 5) is 31.8. The number of sulfonamides is 1. The van der Waals surface area contributed by atoms with Gasteiger partial charge in [0.05, 0.1) is 17.2 Å². The maximum absolute atomic E-state index is 14.9. The van der Waals surface area contributed by atoms with E-state index in [1.807, 2.05) is 74.7 Å². The van der Waals surface area contributed by atoms with Crippen molar-refractivity contribution in [2.24, 2.45) is 0 Å². The third kappa shape index (κ3) is 9.28. The van der Waals surface area contributed by atoms with Crippen LogP contribution >= 0.6 is 11.8 Å². The molecule has 0 bridgehead atoms. The molecular formula is C40H47N3O5S2. The van der Waals surface area contributed by atoms with Gasteiger partial charge in [-0.3, -0.25) is 13.9 Å². The molecule has 1 aliphatic rings. The molecule has 0 aromatic heterocycles. The summed E-state index contributed by atoms with van der Waals surface area (Å²) < 4.78 is 36.1. The Bertz CT molecular complexity index is 1830. The Kier molecular flexibility index (Phi) is 13.0. The van der Waals surface area contributed by atoms with Crippen LogP contribution in [0.5, 0.6) is 5.75 Å². The molecule has 0 spiro atoms. The van der Waals surface area contributed by atoms with E-state index >= 15 is 0 Å². The van der Waals surface area contributed by atoms with Crippen molar-refractivity contribution >= 4 is 39.3 Å². The maximum Gasteiger partial charge on any atom is 0.264 e. The van der Waals surface area contributed by atoms with Crippen LogP contribution in [0.2, 0.25) is 0 Å². The van der Waals surface area contributed by atoms with E-state index in [1.165, 1.54) is 11.8 Å². The first-order valence-corrected chi connectivity index (χ1v) is 19.9. The van der Waals surface area contributed by atoms with Gasteiger partial charge in [0.1, 0.15) is 18.3 Å². The number of hydrogen-bond acceptors (Lipinski definition) is 6. The van der Waals surface area contributed by atoms with Gasteiger partial charge in [-0.25, -0.2) is 8.42 Å². The van der Waals surface area contributed by atoms with Crippen molar-refractivity contribution in [3.8, 4) is 5.75 Å². The molecule has 264 valence electrons. The minimum Gasteiger partial charge on any atom is -0.492 e. The summed E-state index contributed by atoms with van der Waals surface area (Å²) in [7, 11) is -4.26. The zero-order valence-electron chi connectivity index (χ0n) is 29.1. The molecule has 0 aliphatic heterocycles. The van der Waals surface area contributed by atoms with E-state index < -0.39 is 28.5 Å². The largest absolute Gasteiger partial charge is 0.492 e. The number of nitrogens with one attached hydrogen (secondary N) is 1. The third-order valence-electron chi connectivity index (χ3n) is 9.18. The fourth-order valence-corrected chi connectivity index (χ4v) is 8.23. The minimum atomic E-state index is -4.26. The van der Waals surface area contributed by atoms with E-state index in [-0.39, 0.29) is 35.5 Å². The average Bonchev–Trinajstić information content (AvgIpc) is 3.14. The summed E-state index contributed by atoms with van der Waals surface area (Å²) in [6, 6.07) is 30.0. The summed E-state index contributed by atoms with van der Waals surface area (Å²) in [5.41, 5.74) is 3.00. The van der Waals surface area contributed by atoms with Crippen LogP contribution < -0.4 is 14.4 Å². The van der Waals surface area contributed by atoms with E-state index in [0.29, 0.717) is 12.4 Å². The molecule has 1 atom stereocenters. The summed E-state index contributed by atoms with van der Waals surface area (Å²) in [5, 5.41) is 3.27. The molecule has 5 rings (SSSR count). The first-order valence-electron chi connectivity index (χ1n) is 17.3. The van der Waals surface area contributed by atoms with Crippen LogP contribution in [0.25, 0.3) is 0 Å². The lowest BCUT2D eigenvalue weighted by Gasteiger charge is -2.35. The van der Waals surface area contributed by atoms with Gasteiger partial charge < -0.3 is 15.0 Å². The zero-order chi connectivity index (χ0) is 35.5. The summed E-state index contributed by atoms with van der Waals surface area (Å²) >= 11 is 1.51. The first kappa shape index (κ1) is 37.0. The second-order valence-corrected chi connectivity index (χ2v) is 15.3. The Balaban J connectivity index is 1.60. The Morgan fingerprint density at radius 1 is 0.880 bits per heavy atom. The number of anilines is 1. The topological polar surface area (TPSA) is 96.0 Å². The highest BCUT2D eigenvalue weighted by atomic mass is 32.2. The Morgan fingerprint density at radius 3 is 2.22 bits per heavy atom. The number of amides is 2. The zero-order valence-corrected chi connectivity index (χ0v) is 30.7. The van der Waals surface area contributed by atoms with Gasteiger partial charge in [0.15, 0.2) is 0 Å². The second kappa shape index (κ2) is 17.6. The Hall–Kier alpha value is -4.28. The monoisotopic (exact) mass is 713 g/mol. The molecule has 8 nitrogen and oxygen atoms in total. The third-order valence-corrected chi connectivity index (χ3v) is 11.7. The second-order valence-electron chi connectivity index (χ2n) is 12.6. The first-order chi connectivity index (χ1) is 24.2. The van der Waals surface area contributed by atoms with Crippen LogP contribution in [-0.2, 0) is 32.6 Å². The molecule has 0 heterocycles. The number of nitrogens with zero attached hydrogens (tertiary/aromatic N) is 2. The van der Waals surface area contributed by atoms with Gasteiger partial charge in [-0.15, -0.1) is 11.8 Å². The van der Waals surface area contributed by atoms with Gasteiger partial charge in [-0.05, 0) is 86.0 Å². The predicted octanol–water partition coefficient (Wildman–Crippen LogP) is 7.40. The fraction of sp³-hybridized carbons (Fsp3) is 0.350. The van der Waals surface area contributed by atoms with Crippen molar-refractivity contribution in [2.45, 2.75) is 80.8 Å². The summed E-state index contributed by atoms with van der Waals surface area (Å²) in [6.07, 6.45) is 7.22. The predicted molar refractivity (Wildman–Crippen MR) is 201 cm³/mol. The van der Waals surface area contributed by atoms with Crippen LogP contribution in [0.1, 0.15) is 55.7 Å². The standard InChI is InChI=1S/C40H47N3O5S2/c1-4-48-38-22-14-13-21-36(38)43(50(46,47)35-25-23-34(49-3)24-26-35)29-39(44)42(28-32-18-12-11-15-30(32)2)37(27-31-16-7-5-8-17-31)40(45)41-33-19-9-6-10-20-33/h5,7-8,11-18,21-26,33,37H,4,6,9-10,19-20,27-29H2,1-3H3,(H,41,45)/t37-/m0/s1. The van der Waals surface area contributed by atoms with Gasteiger partial charge in [-0.2, -0.15) is 0 Å². The number of ether oxygens (including phenoxy) is 1. The smallest absolute Gasteiger partial charge is 0.264 e. The van der Waals surface area contributed by atoms with Gasteiger partial charge in [0.25, 0.3) is 10.0 Å². The quantitative estimate of drug-likeness (QED) is 0.129. The van der Waals surface area contributed by atoms with Gasteiger partial charge >= 0.3 is 0 Å². The van der Waals surface area contributed by atoms with E-state index in [0.717, 1.165) is 58.0 Å². The Morgan fingerprint density at radius 2 is 1.54 bits per heavy atom. The van der Waals surface area contributed by atoms with Crippen LogP contribution in [0.3, 0.4) is 0 Å². The maximum atomic E-state index is 14.9. The van der Waals surface area contributed by atoms with Crippen LogP contribution in [-0.4, -0.2) is 56.6 Å². The molecule has 1 aliphatic carbocycles. The summed E-state index contributed by atoms with van der Waals surface area (Å²) in [5.74, 6) is -0.392. The number of hydrogen-bond donors (Lipinski definition) is 1. The molecule has 1 N–H and O–H groups in total. The SMILES string of the molecule is CCOc1ccccc1N(CC(=O)N(Cc1ccccc1C)[C@@H](Cc1ccccc1)C(=O)NC1CCCCC1)S(=O)(=O)c1ccc(SC)cc1. The Labute approximate surface area is 301 Å². The van der Waals surface area contributed by atoms with E-state index in [1.54, 1.807) is 53.4 Å². The van der Waals surface area contributed by atoms with Gasteiger partial charge in [0.2, 0.25) is 11.8 Å². The molecule has 10 heteroatoms. The van der Waals surface area contributed by atoms with E-state index in [4.69, 9.17) is 4.74 Å². The highest BCUT2D eigenvalue weighted by Crippen LogP contribution is 2.33. The normalized spacial score (nSPS) is 14.1. The minimum absolute atomic E-state index is 0.0316. The lowest BCUT2D eigenvalue weighted by Crippen LogP contribution is -2.55. The number of carbonyl (C=O) groups is 2. The average molecular weight is 714 g/mol. The van der Waals surface area contributed by atoms with Crippen molar-refractivity contribution < 1.29 is 22.7 Å². The molecular weight excluding hydrogens is 667 g/mol. The highest BCUT2D eigenvalue weighted by molar-refractivity contribution is 7.98. The molecule has 50 heavy (non-hydrogen) atoms. The van der Waals surface area contributed by atoms with Crippen molar-refractivity contribution in [3.05, 3.63) is 120 Å². The van der Waals surface area contributed by atoms with Gasteiger partial charge in [0, 0.05) is 23.9 Å². The molecule has 1 saturated carbocycles. The number of rotatable bonds is 15. The van der Waals surface area contributed by atoms with Crippen molar-refractivity contribution in [2.75, 3.05) is 23.7 Å². The molecule has 4 aromatic carbocycles.